The molecule has 3 aliphatic heterocycles. The monoisotopic (exact) mass is 343 g/mol. The summed E-state index contributed by atoms with van der Waals surface area (Å²) in [5.41, 5.74) is 0.735. The van der Waals surface area contributed by atoms with Gasteiger partial charge in [0.25, 0.3) is 5.91 Å². The van der Waals surface area contributed by atoms with Crippen molar-refractivity contribution in [1.82, 2.24) is 14.8 Å². The maximum Gasteiger partial charge on any atom is 0.252 e. The lowest BCUT2D eigenvalue weighted by Crippen LogP contribution is -2.58. The molecule has 3 aliphatic rings. The van der Waals surface area contributed by atoms with Gasteiger partial charge in [-0.2, -0.15) is 0 Å². The summed E-state index contributed by atoms with van der Waals surface area (Å²) in [6.45, 7) is 2.64. The van der Waals surface area contributed by atoms with Crippen LogP contribution in [0.4, 0.5) is 0 Å². The van der Waals surface area contributed by atoms with E-state index in [-0.39, 0.29) is 23.5 Å². The van der Waals surface area contributed by atoms with E-state index in [1.165, 1.54) is 0 Å². The Hall–Kier alpha value is -1.95. The zero-order chi connectivity index (χ0) is 17.3. The summed E-state index contributed by atoms with van der Waals surface area (Å²) in [6, 6.07) is 3.88. The van der Waals surface area contributed by atoms with Crippen LogP contribution >= 0.6 is 0 Å². The van der Waals surface area contributed by atoms with Crippen molar-refractivity contribution in [3.63, 3.8) is 0 Å². The van der Waals surface area contributed by atoms with Crippen LogP contribution in [-0.4, -0.2) is 57.9 Å². The first-order valence-corrected chi connectivity index (χ1v) is 9.28. The van der Waals surface area contributed by atoms with Gasteiger partial charge in [0.1, 0.15) is 6.10 Å². The van der Waals surface area contributed by atoms with Crippen LogP contribution in [0.2, 0.25) is 0 Å². The number of carbonyl (C=O) groups is 2. The second-order valence-electron chi connectivity index (χ2n) is 7.46. The SMILES string of the molecule is O=C1C[C@@]2(CCCCN2C(=O)[C@H]2CCCO2)CN1Cc1ccncc1. The molecule has 2 amide bonds. The smallest absolute Gasteiger partial charge is 0.252 e. The van der Waals surface area contributed by atoms with Crippen molar-refractivity contribution in [2.45, 2.75) is 56.7 Å². The minimum absolute atomic E-state index is 0.0933. The van der Waals surface area contributed by atoms with Crippen LogP contribution in [0.3, 0.4) is 0 Å². The Morgan fingerprint density at radius 1 is 1.28 bits per heavy atom. The van der Waals surface area contributed by atoms with Crippen molar-refractivity contribution >= 4 is 11.8 Å². The lowest BCUT2D eigenvalue weighted by molar-refractivity contribution is -0.149. The molecule has 3 saturated heterocycles. The number of aromatic nitrogens is 1. The zero-order valence-electron chi connectivity index (χ0n) is 14.5. The van der Waals surface area contributed by atoms with Gasteiger partial charge in [-0.1, -0.05) is 0 Å². The molecule has 3 fully saturated rings. The summed E-state index contributed by atoms with van der Waals surface area (Å²) < 4.78 is 5.62. The van der Waals surface area contributed by atoms with Crippen LogP contribution in [0.5, 0.6) is 0 Å². The number of likely N-dealkylation sites (tertiary alicyclic amines) is 2. The number of carbonyl (C=O) groups excluding carboxylic acids is 2. The number of amides is 2. The average molecular weight is 343 g/mol. The van der Waals surface area contributed by atoms with Gasteiger partial charge in [-0.05, 0) is 49.8 Å². The van der Waals surface area contributed by atoms with Crippen molar-refractivity contribution in [2.75, 3.05) is 19.7 Å². The van der Waals surface area contributed by atoms with E-state index in [4.69, 9.17) is 4.74 Å². The van der Waals surface area contributed by atoms with Crippen molar-refractivity contribution < 1.29 is 14.3 Å². The molecule has 0 bridgehead atoms. The third kappa shape index (κ3) is 3.15. The van der Waals surface area contributed by atoms with Crippen LogP contribution < -0.4 is 0 Å². The highest BCUT2D eigenvalue weighted by molar-refractivity contribution is 5.86. The molecule has 4 rings (SSSR count). The zero-order valence-corrected chi connectivity index (χ0v) is 14.5. The molecule has 1 aromatic heterocycles. The van der Waals surface area contributed by atoms with Crippen LogP contribution in [0, 0.1) is 0 Å². The minimum Gasteiger partial charge on any atom is -0.368 e. The van der Waals surface area contributed by atoms with Crippen molar-refractivity contribution in [3.05, 3.63) is 30.1 Å². The molecule has 0 N–H and O–H groups in total. The summed E-state index contributed by atoms with van der Waals surface area (Å²) in [6.07, 6.45) is 8.38. The number of pyridine rings is 1. The van der Waals surface area contributed by atoms with Gasteiger partial charge in [-0.3, -0.25) is 14.6 Å². The average Bonchev–Trinajstić information content (AvgIpc) is 3.25. The molecule has 1 spiro atoms. The standard InChI is InChI=1S/C19H25N3O3/c23-17-12-19(14-21(17)13-15-5-8-20-9-6-15)7-1-2-10-22(19)18(24)16-4-3-11-25-16/h5-6,8-9,16H,1-4,7,10-14H2/t16-,19+/m1/s1. The molecule has 0 radical (unpaired) electrons. The van der Waals surface area contributed by atoms with Crippen molar-refractivity contribution in [1.29, 1.82) is 0 Å². The van der Waals surface area contributed by atoms with Gasteiger partial charge in [-0.25, -0.2) is 0 Å². The van der Waals surface area contributed by atoms with Crippen molar-refractivity contribution in [3.8, 4) is 0 Å². The van der Waals surface area contributed by atoms with Gasteiger partial charge in [-0.15, -0.1) is 0 Å². The molecule has 1 aromatic rings. The van der Waals surface area contributed by atoms with E-state index in [1.807, 2.05) is 21.9 Å². The summed E-state index contributed by atoms with van der Waals surface area (Å²) in [4.78, 5) is 33.6. The van der Waals surface area contributed by atoms with Crippen molar-refractivity contribution in [2.24, 2.45) is 0 Å². The first kappa shape index (κ1) is 16.5. The van der Waals surface area contributed by atoms with Gasteiger partial charge >= 0.3 is 0 Å². The molecule has 0 aliphatic carbocycles. The Morgan fingerprint density at radius 3 is 2.88 bits per heavy atom. The highest BCUT2D eigenvalue weighted by Gasteiger charge is 2.51. The van der Waals surface area contributed by atoms with Gasteiger partial charge < -0.3 is 14.5 Å². The minimum atomic E-state index is -0.342. The molecule has 6 heteroatoms. The Morgan fingerprint density at radius 2 is 2.12 bits per heavy atom. The second kappa shape index (κ2) is 6.75. The fraction of sp³-hybridized carbons (Fsp3) is 0.632. The van der Waals surface area contributed by atoms with E-state index >= 15 is 0 Å². The first-order valence-electron chi connectivity index (χ1n) is 9.28. The van der Waals surface area contributed by atoms with Crippen LogP contribution in [0.1, 0.15) is 44.1 Å². The van der Waals surface area contributed by atoms with Gasteiger partial charge in [0.05, 0.1) is 12.0 Å². The normalized spacial score (nSPS) is 29.6. The molecular formula is C19H25N3O3. The summed E-state index contributed by atoms with van der Waals surface area (Å²) in [7, 11) is 0. The van der Waals surface area contributed by atoms with E-state index < -0.39 is 0 Å². The predicted octanol–water partition coefficient (Wildman–Crippen LogP) is 1.74. The van der Waals surface area contributed by atoms with Gasteiger partial charge in [0, 0.05) is 38.6 Å². The van der Waals surface area contributed by atoms with E-state index in [2.05, 4.69) is 4.98 Å². The highest BCUT2D eigenvalue weighted by Crippen LogP contribution is 2.39. The number of piperidine rings is 1. The lowest BCUT2D eigenvalue weighted by atomic mass is 9.85. The Bertz CT molecular complexity index is 645. The number of rotatable bonds is 3. The second-order valence-corrected chi connectivity index (χ2v) is 7.46. The van der Waals surface area contributed by atoms with Crippen LogP contribution in [0.15, 0.2) is 24.5 Å². The van der Waals surface area contributed by atoms with E-state index in [0.717, 1.165) is 44.2 Å². The Kier molecular flexibility index (Phi) is 4.46. The Labute approximate surface area is 148 Å². The first-order chi connectivity index (χ1) is 12.2. The third-order valence-electron chi connectivity index (χ3n) is 5.76. The number of nitrogens with zero attached hydrogens (tertiary/aromatic N) is 3. The summed E-state index contributed by atoms with van der Waals surface area (Å²) in [5, 5.41) is 0. The molecular weight excluding hydrogens is 318 g/mol. The summed E-state index contributed by atoms with van der Waals surface area (Å²) >= 11 is 0. The van der Waals surface area contributed by atoms with Crippen LogP contribution in [0.25, 0.3) is 0 Å². The van der Waals surface area contributed by atoms with E-state index in [1.54, 1.807) is 12.4 Å². The summed E-state index contributed by atoms with van der Waals surface area (Å²) in [5.74, 6) is 0.236. The lowest BCUT2D eigenvalue weighted by Gasteiger charge is -2.45. The number of hydrogen-bond donors (Lipinski definition) is 0. The van der Waals surface area contributed by atoms with E-state index in [9.17, 15) is 9.59 Å². The molecule has 4 heterocycles. The number of hydrogen-bond acceptors (Lipinski definition) is 4. The molecule has 0 saturated carbocycles. The maximum absolute atomic E-state index is 13.0. The molecule has 0 aromatic carbocycles. The largest absolute Gasteiger partial charge is 0.368 e. The van der Waals surface area contributed by atoms with Gasteiger partial charge in [0.2, 0.25) is 5.91 Å². The predicted molar refractivity (Wildman–Crippen MR) is 91.5 cm³/mol. The molecule has 25 heavy (non-hydrogen) atoms. The molecule has 2 atom stereocenters. The molecule has 134 valence electrons. The maximum atomic E-state index is 13.0. The van der Waals surface area contributed by atoms with E-state index in [0.29, 0.717) is 26.1 Å². The molecule has 0 unspecified atom stereocenters. The number of ether oxygens (including phenoxy) is 1. The molecule has 6 nitrogen and oxygen atoms in total. The quantitative estimate of drug-likeness (QED) is 0.839. The highest BCUT2D eigenvalue weighted by atomic mass is 16.5. The fourth-order valence-electron chi connectivity index (χ4n) is 4.48. The topological polar surface area (TPSA) is 62.7 Å². The fourth-order valence-corrected chi connectivity index (χ4v) is 4.48. The Balaban J connectivity index is 1.52. The third-order valence-corrected chi connectivity index (χ3v) is 5.76. The van der Waals surface area contributed by atoms with Gasteiger partial charge in [0.15, 0.2) is 0 Å². The van der Waals surface area contributed by atoms with Crippen LogP contribution in [-0.2, 0) is 20.9 Å².